The molecular formula is C21H16FN5OS. The number of carbonyl (C=O) groups is 1. The first-order chi connectivity index (χ1) is 14.2. The van der Waals surface area contributed by atoms with Crippen molar-refractivity contribution in [3.8, 4) is 17.1 Å². The van der Waals surface area contributed by atoms with Gasteiger partial charge in [-0.25, -0.2) is 4.39 Å². The van der Waals surface area contributed by atoms with Crippen LogP contribution in [0.2, 0.25) is 0 Å². The maximum atomic E-state index is 13.0. The van der Waals surface area contributed by atoms with Crippen molar-refractivity contribution in [1.29, 1.82) is 0 Å². The van der Waals surface area contributed by atoms with Gasteiger partial charge in [0.05, 0.1) is 5.75 Å². The number of pyridine rings is 1. The molecule has 6 nitrogen and oxygen atoms in total. The monoisotopic (exact) mass is 405 g/mol. The maximum absolute atomic E-state index is 13.0. The zero-order chi connectivity index (χ0) is 20.1. The lowest BCUT2D eigenvalue weighted by Crippen LogP contribution is -2.14. The van der Waals surface area contributed by atoms with Crippen LogP contribution in [0.15, 0.2) is 84.3 Å². The van der Waals surface area contributed by atoms with Gasteiger partial charge >= 0.3 is 0 Å². The van der Waals surface area contributed by atoms with Gasteiger partial charge in [-0.05, 0) is 48.5 Å². The number of aromatic nitrogens is 4. The summed E-state index contributed by atoms with van der Waals surface area (Å²) in [4.78, 5) is 16.5. The SMILES string of the molecule is O=C(CSc1nnc(-c2cccnc2)n1-c1ccccc1)Nc1ccc(F)cc1. The van der Waals surface area contributed by atoms with Crippen molar-refractivity contribution in [2.75, 3.05) is 11.1 Å². The van der Waals surface area contributed by atoms with Gasteiger partial charge in [0.1, 0.15) is 5.82 Å². The summed E-state index contributed by atoms with van der Waals surface area (Å²) in [7, 11) is 0. The van der Waals surface area contributed by atoms with E-state index < -0.39 is 0 Å². The number of hydrogen-bond donors (Lipinski definition) is 1. The molecule has 0 spiro atoms. The number of rotatable bonds is 6. The molecule has 29 heavy (non-hydrogen) atoms. The largest absolute Gasteiger partial charge is 0.325 e. The van der Waals surface area contributed by atoms with Crippen molar-refractivity contribution in [3.63, 3.8) is 0 Å². The number of hydrogen-bond acceptors (Lipinski definition) is 5. The van der Waals surface area contributed by atoms with Crippen LogP contribution >= 0.6 is 11.8 Å². The summed E-state index contributed by atoms with van der Waals surface area (Å²) >= 11 is 1.27. The molecule has 1 amide bonds. The van der Waals surface area contributed by atoms with Gasteiger partial charge in [-0.2, -0.15) is 0 Å². The number of thioether (sulfide) groups is 1. The molecule has 0 bridgehead atoms. The summed E-state index contributed by atoms with van der Waals surface area (Å²) in [5.41, 5.74) is 2.25. The van der Waals surface area contributed by atoms with Crippen LogP contribution in [0.25, 0.3) is 17.1 Å². The Labute approximate surface area is 170 Å². The molecule has 2 aromatic carbocycles. The molecule has 0 radical (unpaired) electrons. The van der Waals surface area contributed by atoms with E-state index in [9.17, 15) is 9.18 Å². The van der Waals surface area contributed by atoms with Crippen molar-refractivity contribution in [1.82, 2.24) is 19.7 Å². The lowest BCUT2D eigenvalue weighted by atomic mass is 10.2. The third-order valence-corrected chi connectivity index (χ3v) is 4.96. The average molecular weight is 405 g/mol. The number of para-hydroxylation sites is 1. The second-order valence-corrected chi connectivity index (χ2v) is 7.01. The van der Waals surface area contributed by atoms with E-state index in [0.29, 0.717) is 16.7 Å². The minimum Gasteiger partial charge on any atom is -0.325 e. The fourth-order valence-electron chi connectivity index (χ4n) is 2.72. The van der Waals surface area contributed by atoms with Gasteiger partial charge in [0.25, 0.3) is 0 Å². The summed E-state index contributed by atoms with van der Waals surface area (Å²) in [5, 5.41) is 11.9. The van der Waals surface area contributed by atoms with Crippen molar-refractivity contribution in [2.24, 2.45) is 0 Å². The zero-order valence-corrected chi connectivity index (χ0v) is 16.0. The Kier molecular flexibility index (Phi) is 5.62. The summed E-state index contributed by atoms with van der Waals surface area (Å²) in [6, 6.07) is 19.1. The third kappa shape index (κ3) is 4.49. The van der Waals surface area contributed by atoms with Gasteiger partial charge in [0.15, 0.2) is 11.0 Å². The topological polar surface area (TPSA) is 72.7 Å². The fraction of sp³-hybridized carbons (Fsp3) is 0.0476. The van der Waals surface area contributed by atoms with E-state index >= 15 is 0 Å². The Hall–Kier alpha value is -3.52. The number of halogens is 1. The van der Waals surface area contributed by atoms with E-state index in [2.05, 4.69) is 20.5 Å². The van der Waals surface area contributed by atoms with Gasteiger partial charge in [-0.3, -0.25) is 14.3 Å². The summed E-state index contributed by atoms with van der Waals surface area (Å²) in [6.07, 6.45) is 3.42. The molecule has 0 aliphatic rings. The van der Waals surface area contributed by atoms with E-state index in [1.807, 2.05) is 47.0 Å². The highest BCUT2D eigenvalue weighted by Crippen LogP contribution is 2.27. The van der Waals surface area contributed by atoms with E-state index in [-0.39, 0.29) is 17.5 Å². The smallest absolute Gasteiger partial charge is 0.234 e. The van der Waals surface area contributed by atoms with E-state index in [4.69, 9.17) is 0 Å². The van der Waals surface area contributed by atoms with Crippen LogP contribution in [0, 0.1) is 5.82 Å². The molecular weight excluding hydrogens is 389 g/mol. The number of amides is 1. The van der Waals surface area contributed by atoms with Gasteiger partial charge in [-0.1, -0.05) is 30.0 Å². The summed E-state index contributed by atoms with van der Waals surface area (Å²) < 4.78 is 14.9. The first-order valence-electron chi connectivity index (χ1n) is 8.80. The Morgan fingerprint density at radius 3 is 2.52 bits per heavy atom. The molecule has 4 rings (SSSR count). The normalized spacial score (nSPS) is 10.7. The Morgan fingerprint density at radius 2 is 1.79 bits per heavy atom. The minimum atomic E-state index is -0.351. The van der Waals surface area contributed by atoms with Crippen molar-refractivity contribution in [3.05, 3.63) is 84.9 Å². The first kappa shape index (κ1) is 18.8. The van der Waals surface area contributed by atoms with Crippen LogP contribution in [0.4, 0.5) is 10.1 Å². The van der Waals surface area contributed by atoms with Crippen LogP contribution in [-0.4, -0.2) is 31.4 Å². The molecule has 0 unspecified atom stereocenters. The molecule has 144 valence electrons. The van der Waals surface area contributed by atoms with Gasteiger partial charge in [0, 0.05) is 29.3 Å². The Balaban J connectivity index is 1.56. The van der Waals surface area contributed by atoms with Gasteiger partial charge < -0.3 is 5.32 Å². The van der Waals surface area contributed by atoms with Crippen LogP contribution in [0.3, 0.4) is 0 Å². The minimum absolute atomic E-state index is 0.134. The Bertz CT molecular complexity index is 1100. The summed E-state index contributed by atoms with van der Waals surface area (Å²) in [6.45, 7) is 0. The number of nitrogens with one attached hydrogen (secondary N) is 1. The molecule has 2 aromatic heterocycles. The average Bonchev–Trinajstić information content (AvgIpc) is 3.19. The zero-order valence-electron chi connectivity index (χ0n) is 15.2. The third-order valence-electron chi connectivity index (χ3n) is 4.03. The molecule has 0 atom stereocenters. The molecule has 0 saturated carbocycles. The van der Waals surface area contributed by atoms with E-state index in [1.54, 1.807) is 12.4 Å². The van der Waals surface area contributed by atoms with Crippen molar-refractivity contribution in [2.45, 2.75) is 5.16 Å². The highest BCUT2D eigenvalue weighted by molar-refractivity contribution is 7.99. The van der Waals surface area contributed by atoms with E-state index in [0.717, 1.165) is 11.3 Å². The quantitative estimate of drug-likeness (QED) is 0.487. The molecule has 1 N–H and O–H groups in total. The van der Waals surface area contributed by atoms with Crippen LogP contribution in [0.5, 0.6) is 0 Å². The number of benzene rings is 2. The van der Waals surface area contributed by atoms with Crippen molar-refractivity contribution < 1.29 is 9.18 Å². The lowest BCUT2D eigenvalue weighted by Gasteiger charge is -2.10. The standard InChI is InChI=1S/C21H16FN5OS/c22-16-8-10-17(11-9-16)24-19(28)14-29-21-26-25-20(15-5-4-12-23-13-15)27(21)18-6-2-1-3-7-18/h1-13H,14H2,(H,24,28). The highest BCUT2D eigenvalue weighted by Gasteiger charge is 2.17. The number of nitrogens with zero attached hydrogens (tertiary/aromatic N) is 4. The second-order valence-electron chi connectivity index (χ2n) is 6.06. The first-order valence-corrected chi connectivity index (χ1v) is 9.79. The predicted molar refractivity (Wildman–Crippen MR) is 110 cm³/mol. The summed E-state index contributed by atoms with van der Waals surface area (Å²) in [5.74, 6) is 0.212. The number of anilines is 1. The fourth-order valence-corrected chi connectivity index (χ4v) is 3.47. The molecule has 2 heterocycles. The highest BCUT2D eigenvalue weighted by atomic mass is 32.2. The van der Waals surface area contributed by atoms with Gasteiger partial charge in [-0.15, -0.1) is 10.2 Å². The lowest BCUT2D eigenvalue weighted by molar-refractivity contribution is -0.113. The Morgan fingerprint density at radius 1 is 1.00 bits per heavy atom. The van der Waals surface area contributed by atoms with Gasteiger partial charge in [0.2, 0.25) is 5.91 Å². The molecule has 4 aromatic rings. The molecule has 0 fully saturated rings. The van der Waals surface area contributed by atoms with Crippen molar-refractivity contribution >= 4 is 23.4 Å². The van der Waals surface area contributed by atoms with Crippen LogP contribution < -0.4 is 5.32 Å². The van der Waals surface area contributed by atoms with Crippen LogP contribution in [-0.2, 0) is 4.79 Å². The van der Waals surface area contributed by atoms with Crippen LogP contribution in [0.1, 0.15) is 0 Å². The van der Waals surface area contributed by atoms with E-state index in [1.165, 1.54) is 36.0 Å². The predicted octanol–water partition coefficient (Wildman–Crippen LogP) is 4.20. The molecule has 0 saturated heterocycles. The molecule has 0 aliphatic carbocycles. The number of carbonyl (C=O) groups excluding carboxylic acids is 1. The second kappa shape index (κ2) is 8.66. The molecule has 0 aliphatic heterocycles. The maximum Gasteiger partial charge on any atom is 0.234 e. The molecule has 8 heteroatoms.